The minimum Gasteiger partial charge on any atom is -0.354 e. The maximum Gasteiger partial charge on any atom is 0.433 e. The van der Waals surface area contributed by atoms with Crippen LogP contribution in [0.5, 0.6) is 0 Å². The third-order valence-electron chi connectivity index (χ3n) is 4.32. The molecule has 28 heavy (non-hydrogen) atoms. The Balaban J connectivity index is 1.50. The van der Waals surface area contributed by atoms with E-state index in [0.717, 1.165) is 32.0 Å². The van der Waals surface area contributed by atoms with Crippen molar-refractivity contribution in [3.05, 3.63) is 29.1 Å². The maximum absolute atomic E-state index is 12.8. The number of rotatable bonds is 7. The first-order valence-corrected chi connectivity index (χ1v) is 8.97. The molecule has 9 nitrogen and oxygen atoms in total. The number of nitrogens with zero attached hydrogens (tertiary/aromatic N) is 7. The first-order chi connectivity index (χ1) is 13.3. The van der Waals surface area contributed by atoms with Crippen molar-refractivity contribution in [1.82, 2.24) is 40.4 Å². The Morgan fingerprint density at radius 3 is 2.71 bits per heavy atom. The molecule has 0 saturated carbocycles. The molecule has 1 fully saturated rings. The lowest BCUT2D eigenvalue weighted by Crippen LogP contribution is -2.31. The number of halogens is 3. The summed E-state index contributed by atoms with van der Waals surface area (Å²) in [6.07, 6.45) is -2.16. The van der Waals surface area contributed by atoms with Gasteiger partial charge in [0.05, 0.1) is 6.54 Å². The highest BCUT2D eigenvalue weighted by Crippen LogP contribution is 2.27. The zero-order valence-corrected chi connectivity index (χ0v) is 15.4. The third-order valence-corrected chi connectivity index (χ3v) is 4.32. The number of likely N-dealkylation sites (tertiary alicyclic amines) is 1. The van der Waals surface area contributed by atoms with Gasteiger partial charge in [-0.05, 0) is 49.3 Å². The van der Waals surface area contributed by atoms with Crippen LogP contribution in [-0.4, -0.2) is 60.6 Å². The lowest BCUT2D eigenvalue weighted by Gasteiger charge is -2.13. The Morgan fingerprint density at radius 2 is 2.00 bits per heavy atom. The van der Waals surface area contributed by atoms with Crippen LogP contribution in [0.1, 0.15) is 35.9 Å². The summed E-state index contributed by atoms with van der Waals surface area (Å²) in [6.45, 7) is 4.07. The normalized spacial score (nSPS) is 15.1. The van der Waals surface area contributed by atoms with Crippen molar-refractivity contribution in [1.29, 1.82) is 0 Å². The summed E-state index contributed by atoms with van der Waals surface area (Å²) in [4.78, 5) is 21.8. The summed E-state index contributed by atoms with van der Waals surface area (Å²) < 4.78 is 39.9. The molecule has 0 bridgehead atoms. The molecule has 1 saturated heterocycles. The Bertz CT molecular complexity index is 816. The van der Waals surface area contributed by atoms with Crippen LogP contribution in [0.3, 0.4) is 0 Å². The number of carbonyl (C=O) groups excluding carboxylic acids is 1. The van der Waals surface area contributed by atoms with Gasteiger partial charge in [-0.3, -0.25) is 9.69 Å². The zero-order chi connectivity index (χ0) is 20.1. The third kappa shape index (κ3) is 5.44. The van der Waals surface area contributed by atoms with E-state index in [9.17, 15) is 18.0 Å². The fourth-order valence-corrected chi connectivity index (χ4v) is 2.99. The van der Waals surface area contributed by atoms with Gasteiger partial charge in [0.25, 0.3) is 0 Å². The SMILES string of the molecule is Cc1cc(C(F)(F)F)nc(CCNC(=O)Cn2nnnc2CN2CCCC2)n1. The van der Waals surface area contributed by atoms with Crippen LogP contribution < -0.4 is 5.32 Å². The van der Waals surface area contributed by atoms with Crippen LogP contribution in [0.2, 0.25) is 0 Å². The van der Waals surface area contributed by atoms with Crippen LogP contribution in [-0.2, 0) is 30.5 Å². The van der Waals surface area contributed by atoms with Crippen molar-refractivity contribution in [2.45, 2.75) is 45.5 Å². The first kappa shape index (κ1) is 20.1. The average Bonchev–Trinajstić information content (AvgIpc) is 3.27. The second kappa shape index (κ2) is 8.59. The van der Waals surface area contributed by atoms with Crippen molar-refractivity contribution in [2.75, 3.05) is 19.6 Å². The molecule has 0 aliphatic carbocycles. The molecule has 1 amide bonds. The molecule has 0 spiro atoms. The minimum atomic E-state index is -4.53. The smallest absolute Gasteiger partial charge is 0.354 e. The monoisotopic (exact) mass is 398 g/mol. The van der Waals surface area contributed by atoms with E-state index in [1.807, 2.05) is 0 Å². The highest BCUT2D eigenvalue weighted by molar-refractivity contribution is 5.75. The Labute approximate surface area is 159 Å². The van der Waals surface area contributed by atoms with Crippen molar-refractivity contribution in [3.63, 3.8) is 0 Å². The van der Waals surface area contributed by atoms with Gasteiger partial charge < -0.3 is 5.32 Å². The molecule has 2 aromatic heterocycles. The first-order valence-electron chi connectivity index (χ1n) is 8.97. The number of tetrazole rings is 1. The quantitative estimate of drug-likeness (QED) is 0.734. The molecule has 1 aliphatic rings. The number of carbonyl (C=O) groups is 1. The molecule has 3 rings (SSSR count). The highest BCUT2D eigenvalue weighted by Gasteiger charge is 2.33. The lowest BCUT2D eigenvalue weighted by molar-refractivity contribution is -0.141. The number of hydrogen-bond acceptors (Lipinski definition) is 7. The largest absolute Gasteiger partial charge is 0.433 e. The molecule has 0 unspecified atom stereocenters. The van der Waals surface area contributed by atoms with Gasteiger partial charge in [-0.1, -0.05) is 0 Å². The van der Waals surface area contributed by atoms with E-state index < -0.39 is 11.9 Å². The number of amides is 1. The lowest BCUT2D eigenvalue weighted by atomic mass is 10.3. The predicted octanol–water partition coefficient (Wildman–Crippen LogP) is 0.745. The summed E-state index contributed by atoms with van der Waals surface area (Å²) >= 11 is 0. The van der Waals surface area contributed by atoms with Crippen molar-refractivity contribution in [2.24, 2.45) is 0 Å². The fourth-order valence-electron chi connectivity index (χ4n) is 2.99. The number of aromatic nitrogens is 6. The molecule has 12 heteroatoms. The van der Waals surface area contributed by atoms with E-state index in [1.165, 1.54) is 11.6 Å². The molecule has 3 heterocycles. The Morgan fingerprint density at radius 1 is 1.25 bits per heavy atom. The topological polar surface area (TPSA) is 102 Å². The highest BCUT2D eigenvalue weighted by atomic mass is 19.4. The second-order valence-corrected chi connectivity index (χ2v) is 6.64. The predicted molar refractivity (Wildman–Crippen MR) is 90.8 cm³/mol. The van der Waals surface area contributed by atoms with E-state index in [-0.39, 0.29) is 36.9 Å². The van der Waals surface area contributed by atoms with E-state index in [4.69, 9.17) is 0 Å². The van der Waals surface area contributed by atoms with Crippen molar-refractivity contribution < 1.29 is 18.0 Å². The molecular formula is C16H21F3N8O. The average molecular weight is 398 g/mol. The molecule has 152 valence electrons. The minimum absolute atomic E-state index is 0.0322. The molecule has 2 aromatic rings. The van der Waals surface area contributed by atoms with Crippen LogP contribution in [0.15, 0.2) is 6.07 Å². The standard InChI is InChI=1S/C16H21F3N8O/c1-11-8-12(16(17,18)19)22-13(21-11)4-5-20-15(28)10-27-14(23-24-25-27)9-26-6-2-3-7-26/h8H,2-7,9-10H2,1H3,(H,20,28). The van der Waals surface area contributed by atoms with E-state index >= 15 is 0 Å². The van der Waals surface area contributed by atoms with Gasteiger partial charge in [0, 0.05) is 18.7 Å². The molecule has 1 N–H and O–H groups in total. The molecule has 0 radical (unpaired) electrons. The van der Waals surface area contributed by atoms with Gasteiger partial charge >= 0.3 is 6.18 Å². The van der Waals surface area contributed by atoms with Gasteiger partial charge in [-0.15, -0.1) is 5.10 Å². The van der Waals surface area contributed by atoms with E-state index in [0.29, 0.717) is 12.4 Å². The zero-order valence-electron chi connectivity index (χ0n) is 15.4. The number of alkyl halides is 3. The van der Waals surface area contributed by atoms with Gasteiger partial charge in [0.1, 0.15) is 18.1 Å². The summed E-state index contributed by atoms with van der Waals surface area (Å²) in [7, 11) is 0. The van der Waals surface area contributed by atoms with Gasteiger partial charge in [-0.25, -0.2) is 14.6 Å². The van der Waals surface area contributed by atoms with Crippen LogP contribution in [0, 0.1) is 6.92 Å². The van der Waals surface area contributed by atoms with Crippen LogP contribution >= 0.6 is 0 Å². The summed E-state index contributed by atoms with van der Waals surface area (Å²) in [6, 6.07) is 0.891. The number of nitrogens with one attached hydrogen (secondary N) is 1. The van der Waals surface area contributed by atoms with Gasteiger partial charge in [-0.2, -0.15) is 13.2 Å². The van der Waals surface area contributed by atoms with Gasteiger partial charge in [0.2, 0.25) is 5.91 Å². The Kier molecular flexibility index (Phi) is 6.17. The molecular weight excluding hydrogens is 377 g/mol. The van der Waals surface area contributed by atoms with Crippen molar-refractivity contribution in [3.8, 4) is 0 Å². The Hall–Kier alpha value is -2.63. The van der Waals surface area contributed by atoms with E-state index in [1.54, 1.807) is 0 Å². The molecule has 1 aliphatic heterocycles. The van der Waals surface area contributed by atoms with Crippen LogP contribution in [0.4, 0.5) is 13.2 Å². The number of aryl methyl sites for hydroxylation is 1. The van der Waals surface area contributed by atoms with E-state index in [2.05, 4.69) is 35.7 Å². The summed E-state index contributed by atoms with van der Waals surface area (Å²) in [5.74, 6) is 0.303. The summed E-state index contributed by atoms with van der Waals surface area (Å²) in [5.41, 5.74) is -0.759. The summed E-state index contributed by atoms with van der Waals surface area (Å²) in [5, 5.41) is 14.0. The second-order valence-electron chi connectivity index (χ2n) is 6.64. The fraction of sp³-hybridized carbons (Fsp3) is 0.625. The molecule has 0 atom stereocenters. The van der Waals surface area contributed by atoms with Gasteiger partial charge in [0.15, 0.2) is 5.82 Å². The van der Waals surface area contributed by atoms with Crippen LogP contribution in [0.25, 0.3) is 0 Å². The number of hydrogen-bond donors (Lipinski definition) is 1. The maximum atomic E-state index is 12.8. The van der Waals surface area contributed by atoms with Crippen molar-refractivity contribution >= 4 is 5.91 Å². The molecule has 0 aromatic carbocycles.